The van der Waals surface area contributed by atoms with Crippen LogP contribution in [0.1, 0.15) is 42.6 Å². The molecule has 1 unspecified atom stereocenters. The van der Waals surface area contributed by atoms with Crippen LogP contribution in [0.2, 0.25) is 0 Å². The van der Waals surface area contributed by atoms with Gasteiger partial charge in [0.05, 0.1) is 18.5 Å². The molecule has 4 rings (SSSR count). The van der Waals surface area contributed by atoms with Gasteiger partial charge in [0.2, 0.25) is 5.91 Å². The number of anilines is 2. The molecule has 1 N–H and O–H groups in total. The molecule has 0 spiro atoms. The van der Waals surface area contributed by atoms with Gasteiger partial charge in [0.15, 0.2) is 5.82 Å². The van der Waals surface area contributed by atoms with Gasteiger partial charge in [-0.05, 0) is 44.4 Å². The lowest BCUT2D eigenvalue weighted by atomic mass is 10.0. The van der Waals surface area contributed by atoms with Crippen LogP contribution in [0.3, 0.4) is 0 Å². The fourth-order valence-electron chi connectivity index (χ4n) is 3.40. The molecule has 3 aromatic rings. The second-order valence-corrected chi connectivity index (χ2v) is 6.86. The van der Waals surface area contributed by atoms with Gasteiger partial charge in [0.25, 0.3) is 0 Å². The zero-order chi connectivity index (χ0) is 20.1. The molecular weight excluding hydrogens is 368 g/mol. The first-order valence-electron chi connectivity index (χ1n) is 9.60. The maximum absolute atomic E-state index is 12.8. The zero-order valence-electron chi connectivity index (χ0n) is 16.2. The third-order valence-corrected chi connectivity index (χ3v) is 4.71. The number of furan rings is 1. The van der Waals surface area contributed by atoms with Crippen LogP contribution in [0.4, 0.5) is 11.6 Å². The summed E-state index contributed by atoms with van der Waals surface area (Å²) >= 11 is 0. The van der Waals surface area contributed by atoms with Crippen LogP contribution in [0.25, 0.3) is 6.08 Å². The van der Waals surface area contributed by atoms with Crippen LogP contribution in [-0.4, -0.2) is 37.3 Å². The number of amides is 1. The molecule has 0 aromatic carbocycles. The van der Waals surface area contributed by atoms with Crippen molar-refractivity contribution in [2.45, 2.75) is 32.2 Å². The van der Waals surface area contributed by atoms with E-state index < -0.39 is 0 Å². The van der Waals surface area contributed by atoms with Gasteiger partial charge < -0.3 is 14.6 Å². The van der Waals surface area contributed by atoms with E-state index in [1.165, 1.54) is 0 Å². The number of aromatic nitrogens is 4. The van der Waals surface area contributed by atoms with Gasteiger partial charge in [-0.2, -0.15) is 0 Å². The molecule has 8 nitrogen and oxygen atoms in total. The molecule has 1 fully saturated rings. The summed E-state index contributed by atoms with van der Waals surface area (Å²) in [4.78, 5) is 32.2. The minimum atomic E-state index is -0.167. The summed E-state index contributed by atoms with van der Waals surface area (Å²) in [5.41, 5.74) is 0.825. The van der Waals surface area contributed by atoms with Gasteiger partial charge in [-0.15, -0.1) is 0 Å². The van der Waals surface area contributed by atoms with E-state index in [9.17, 15) is 4.79 Å². The normalized spacial score (nSPS) is 16.9. The summed E-state index contributed by atoms with van der Waals surface area (Å²) in [6, 6.07) is 5.29. The minimum absolute atomic E-state index is 0.0698. The number of nitrogens with one attached hydrogen (secondary N) is 1. The molecule has 148 valence electrons. The van der Waals surface area contributed by atoms with Gasteiger partial charge in [0, 0.05) is 36.8 Å². The van der Waals surface area contributed by atoms with Crippen molar-refractivity contribution in [2.75, 3.05) is 11.9 Å². The van der Waals surface area contributed by atoms with Crippen molar-refractivity contribution >= 4 is 23.6 Å². The number of nitrogens with zero attached hydrogens (tertiary/aromatic N) is 5. The van der Waals surface area contributed by atoms with E-state index in [0.717, 1.165) is 25.0 Å². The third-order valence-electron chi connectivity index (χ3n) is 4.71. The number of hydrogen-bond acceptors (Lipinski definition) is 7. The third kappa shape index (κ3) is 4.66. The van der Waals surface area contributed by atoms with E-state index in [1.54, 1.807) is 43.1 Å². The highest BCUT2D eigenvalue weighted by atomic mass is 16.3. The van der Waals surface area contributed by atoms with Crippen molar-refractivity contribution < 1.29 is 9.21 Å². The molecule has 0 saturated carbocycles. The number of likely N-dealkylation sites (tertiary alicyclic amines) is 1. The highest BCUT2D eigenvalue weighted by molar-refractivity contribution is 5.91. The molecule has 1 atom stereocenters. The van der Waals surface area contributed by atoms with E-state index in [-0.39, 0.29) is 11.9 Å². The fraction of sp³-hybridized carbons (Fsp3) is 0.286. The van der Waals surface area contributed by atoms with Crippen LogP contribution < -0.4 is 5.32 Å². The molecule has 0 radical (unpaired) electrons. The molecule has 4 heterocycles. The summed E-state index contributed by atoms with van der Waals surface area (Å²) in [6.07, 6.45) is 12.5. The predicted octanol–water partition coefficient (Wildman–Crippen LogP) is 3.68. The van der Waals surface area contributed by atoms with Gasteiger partial charge in [-0.3, -0.25) is 9.78 Å². The summed E-state index contributed by atoms with van der Waals surface area (Å²) in [7, 11) is 0. The van der Waals surface area contributed by atoms with E-state index in [4.69, 9.17) is 4.42 Å². The van der Waals surface area contributed by atoms with Crippen molar-refractivity contribution in [2.24, 2.45) is 0 Å². The molecule has 3 aromatic heterocycles. The standard InChI is InChI=1S/C21H22N6O2/c1-15-13-18(25-19-14-22-9-10-23-19)26-21(24-15)17-6-2-3-11-27(17)20(28)8-7-16-5-4-12-29-16/h4-5,7-10,12-14,17H,2-3,6,11H2,1H3,(H,23,24,25,26). The Morgan fingerprint density at radius 1 is 1.28 bits per heavy atom. The van der Waals surface area contributed by atoms with Crippen LogP contribution in [0.15, 0.2) is 53.5 Å². The Bertz CT molecular complexity index is 988. The molecule has 1 saturated heterocycles. The van der Waals surface area contributed by atoms with E-state index in [2.05, 4.69) is 25.3 Å². The molecule has 8 heteroatoms. The Morgan fingerprint density at radius 3 is 3.00 bits per heavy atom. The highest BCUT2D eigenvalue weighted by Gasteiger charge is 2.29. The summed E-state index contributed by atoms with van der Waals surface area (Å²) in [5, 5.41) is 3.16. The highest BCUT2D eigenvalue weighted by Crippen LogP contribution is 2.30. The van der Waals surface area contributed by atoms with E-state index >= 15 is 0 Å². The van der Waals surface area contributed by atoms with Crippen molar-refractivity contribution in [3.8, 4) is 0 Å². The minimum Gasteiger partial charge on any atom is -0.465 e. The lowest BCUT2D eigenvalue weighted by Gasteiger charge is -2.34. The average molecular weight is 390 g/mol. The quantitative estimate of drug-likeness (QED) is 0.664. The van der Waals surface area contributed by atoms with Gasteiger partial charge >= 0.3 is 0 Å². The fourth-order valence-corrected chi connectivity index (χ4v) is 3.40. The Kier molecular flexibility index (Phi) is 5.60. The van der Waals surface area contributed by atoms with Gasteiger partial charge in [-0.1, -0.05) is 0 Å². The lowest BCUT2D eigenvalue weighted by molar-refractivity contribution is -0.129. The Morgan fingerprint density at radius 2 is 2.21 bits per heavy atom. The van der Waals surface area contributed by atoms with Gasteiger partial charge in [-0.25, -0.2) is 15.0 Å². The number of rotatable bonds is 5. The zero-order valence-corrected chi connectivity index (χ0v) is 16.2. The smallest absolute Gasteiger partial charge is 0.247 e. The second kappa shape index (κ2) is 8.64. The van der Waals surface area contributed by atoms with Gasteiger partial charge in [0.1, 0.15) is 17.4 Å². The Hall–Kier alpha value is -3.55. The number of aryl methyl sites for hydroxylation is 1. The van der Waals surface area contributed by atoms with Crippen molar-refractivity contribution in [3.05, 3.63) is 66.4 Å². The number of piperidine rings is 1. The predicted molar refractivity (Wildman–Crippen MR) is 108 cm³/mol. The monoisotopic (exact) mass is 390 g/mol. The maximum atomic E-state index is 12.8. The summed E-state index contributed by atoms with van der Waals surface area (Å²) < 4.78 is 5.27. The number of hydrogen-bond donors (Lipinski definition) is 1. The molecule has 0 aliphatic carbocycles. The average Bonchev–Trinajstić information content (AvgIpc) is 3.26. The lowest BCUT2D eigenvalue weighted by Crippen LogP contribution is -2.38. The van der Waals surface area contributed by atoms with Crippen molar-refractivity contribution in [3.63, 3.8) is 0 Å². The summed E-state index contributed by atoms with van der Waals surface area (Å²) in [6.45, 7) is 2.59. The summed E-state index contributed by atoms with van der Waals surface area (Å²) in [5.74, 6) is 2.45. The maximum Gasteiger partial charge on any atom is 0.247 e. The topological polar surface area (TPSA) is 97.0 Å². The Labute approximate surface area is 168 Å². The second-order valence-electron chi connectivity index (χ2n) is 6.86. The van der Waals surface area contributed by atoms with E-state index in [0.29, 0.717) is 29.8 Å². The van der Waals surface area contributed by atoms with Crippen molar-refractivity contribution in [1.29, 1.82) is 0 Å². The van der Waals surface area contributed by atoms with Crippen LogP contribution in [0, 0.1) is 6.92 Å². The van der Waals surface area contributed by atoms with Crippen molar-refractivity contribution in [1.82, 2.24) is 24.8 Å². The molecule has 1 aliphatic rings. The number of carbonyl (C=O) groups excluding carboxylic acids is 1. The molecule has 1 aliphatic heterocycles. The number of carbonyl (C=O) groups is 1. The van der Waals surface area contributed by atoms with Crippen LogP contribution in [-0.2, 0) is 4.79 Å². The Balaban J connectivity index is 1.57. The van der Waals surface area contributed by atoms with E-state index in [1.807, 2.05) is 24.0 Å². The first-order valence-corrected chi connectivity index (χ1v) is 9.60. The SMILES string of the molecule is Cc1cc(Nc2cnccn2)nc(C2CCCCN2C(=O)C=Cc2ccco2)n1. The first kappa shape index (κ1) is 18.8. The molecule has 29 heavy (non-hydrogen) atoms. The van der Waals surface area contributed by atoms with Crippen LogP contribution in [0.5, 0.6) is 0 Å². The van der Waals surface area contributed by atoms with Crippen LogP contribution >= 0.6 is 0 Å². The molecule has 1 amide bonds. The largest absolute Gasteiger partial charge is 0.465 e. The molecular formula is C21H22N6O2. The molecule has 0 bridgehead atoms. The first-order chi connectivity index (χ1) is 14.2.